The third-order valence-electron chi connectivity index (χ3n) is 3.73. The smallest absolute Gasteiger partial charge is 0.410 e. The molecule has 0 atom stereocenters. The van der Waals surface area contributed by atoms with Crippen LogP contribution in [0.15, 0.2) is 23.3 Å². The van der Waals surface area contributed by atoms with Gasteiger partial charge in [0.1, 0.15) is 17.7 Å². The van der Waals surface area contributed by atoms with Crippen LogP contribution in [-0.4, -0.2) is 48.5 Å². The van der Waals surface area contributed by atoms with Crippen molar-refractivity contribution in [2.75, 3.05) is 36.5 Å². The molecule has 1 aromatic carbocycles. The van der Waals surface area contributed by atoms with Crippen LogP contribution in [0.5, 0.6) is 0 Å². The van der Waals surface area contributed by atoms with Gasteiger partial charge in [0.15, 0.2) is 0 Å². The topological polar surface area (TPSA) is 105 Å². The Morgan fingerprint density at radius 1 is 1.22 bits per heavy atom. The molecule has 2 rings (SSSR count). The number of halogens is 1. The highest BCUT2D eigenvalue weighted by Crippen LogP contribution is 2.30. The van der Waals surface area contributed by atoms with Gasteiger partial charge in [0.25, 0.3) is 0 Å². The van der Waals surface area contributed by atoms with Crippen LogP contribution in [0, 0.1) is 22.7 Å². The predicted octanol–water partition coefficient (Wildman–Crippen LogP) is 3.21. The third-order valence-corrected chi connectivity index (χ3v) is 4.03. The van der Waals surface area contributed by atoms with E-state index < -0.39 is 5.60 Å². The van der Waals surface area contributed by atoms with E-state index in [0.29, 0.717) is 36.9 Å². The molecule has 0 radical (unpaired) electrons. The predicted molar refractivity (Wildman–Crippen MR) is 104 cm³/mol. The molecule has 0 spiro atoms. The van der Waals surface area contributed by atoms with Crippen molar-refractivity contribution < 1.29 is 9.53 Å². The molecule has 9 heteroatoms. The number of benzene rings is 1. The molecule has 0 saturated carbocycles. The minimum Gasteiger partial charge on any atom is -0.444 e. The lowest BCUT2D eigenvalue weighted by Gasteiger charge is -2.37. The van der Waals surface area contributed by atoms with E-state index in [0.717, 1.165) is 5.69 Å². The first-order valence-electron chi connectivity index (χ1n) is 8.40. The van der Waals surface area contributed by atoms with Crippen LogP contribution in [0.1, 0.15) is 20.8 Å². The summed E-state index contributed by atoms with van der Waals surface area (Å²) in [6.07, 6.45) is -0.309. The molecule has 0 bridgehead atoms. The highest BCUT2D eigenvalue weighted by molar-refractivity contribution is 6.33. The van der Waals surface area contributed by atoms with Crippen LogP contribution in [0.4, 0.5) is 16.2 Å². The second-order valence-electron chi connectivity index (χ2n) is 6.92. The summed E-state index contributed by atoms with van der Waals surface area (Å²) in [5.74, 6) is 0. The summed E-state index contributed by atoms with van der Waals surface area (Å²) in [7, 11) is 0. The first-order valence-corrected chi connectivity index (χ1v) is 8.77. The first kappa shape index (κ1) is 20.3. The second-order valence-corrected chi connectivity index (χ2v) is 7.32. The average Bonchev–Trinajstić information content (AvgIpc) is 2.61. The van der Waals surface area contributed by atoms with E-state index in [1.165, 1.54) is 0 Å². The highest BCUT2D eigenvalue weighted by Gasteiger charge is 2.26. The normalized spacial score (nSPS) is 14.0. The molecule has 0 aromatic heterocycles. The Balaban J connectivity index is 1.99. The lowest BCUT2D eigenvalue weighted by atomic mass is 10.2. The molecule has 1 heterocycles. The van der Waals surface area contributed by atoms with E-state index in [1.54, 1.807) is 29.2 Å². The van der Waals surface area contributed by atoms with Gasteiger partial charge in [-0.15, -0.1) is 0 Å². The maximum atomic E-state index is 12.1. The number of nitrogens with one attached hydrogen (secondary N) is 1. The van der Waals surface area contributed by atoms with Gasteiger partial charge in [0.05, 0.1) is 16.4 Å². The minimum atomic E-state index is -0.514. The molecular weight excluding hydrogens is 368 g/mol. The highest BCUT2D eigenvalue weighted by atomic mass is 35.5. The van der Waals surface area contributed by atoms with Gasteiger partial charge in [-0.05, 0) is 39.0 Å². The fourth-order valence-electron chi connectivity index (χ4n) is 2.48. The number of nitriles is 2. The monoisotopic (exact) mass is 388 g/mol. The number of hydrogen-bond acceptors (Lipinski definition) is 7. The largest absolute Gasteiger partial charge is 0.444 e. The van der Waals surface area contributed by atoms with Crippen molar-refractivity contribution in [2.45, 2.75) is 26.4 Å². The molecule has 27 heavy (non-hydrogen) atoms. The molecule has 8 nitrogen and oxygen atoms in total. The summed E-state index contributed by atoms with van der Waals surface area (Å²) in [6.45, 7) is 7.89. The third kappa shape index (κ3) is 5.77. The average molecular weight is 389 g/mol. The summed E-state index contributed by atoms with van der Waals surface area (Å²) in [5.41, 5.74) is 3.26. The summed E-state index contributed by atoms with van der Waals surface area (Å²) in [4.78, 5) is 15.9. The van der Waals surface area contributed by atoms with Crippen molar-refractivity contribution in [3.05, 3.63) is 23.2 Å². The van der Waals surface area contributed by atoms with Crippen molar-refractivity contribution in [2.24, 2.45) is 5.10 Å². The first-order chi connectivity index (χ1) is 12.7. The van der Waals surface area contributed by atoms with Gasteiger partial charge >= 0.3 is 6.09 Å². The SMILES string of the molecule is CC(C)(C)OC(=O)N1CCN(c2ccc(NN=C(C#N)C#N)cc2Cl)CC1. The van der Waals surface area contributed by atoms with Crippen LogP contribution in [0.25, 0.3) is 0 Å². The molecule has 1 N–H and O–H groups in total. The molecule has 1 aliphatic rings. The Bertz CT molecular complexity index is 795. The van der Waals surface area contributed by atoms with Crippen LogP contribution in [0.3, 0.4) is 0 Å². The molecule has 142 valence electrons. The van der Waals surface area contributed by atoms with E-state index in [4.69, 9.17) is 26.9 Å². The lowest BCUT2D eigenvalue weighted by molar-refractivity contribution is 0.0240. The van der Waals surface area contributed by atoms with Gasteiger partial charge in [-0.1, -0.05) is 11.6 Å². The zero-order chi connectivity index (χ0) is 20.0. The summed E-state index contributed by atoms with van der Waals surface area (Å²) in [6, 6.07) is 8.61. The number of ether oxygens (including phenoxy) is 1. The summed E-state index contributed by atoms with van der Waals surface area (Å²) >= 11 is 6.37. The number of carbonyl (C=O) groups is 1. The Hall–Kier alpha value is -2.97. The maximum Gasteiger partial charge on any atom is 0.410 e. The number of hydrogen-bond donors (Lipinski definition) is 1. The quantitative estimate of drug-likeness (QED) is 0.629. The molecule has 0 aliphatic carbocycles. The summed E-state index contributed by atoms with van der Waals surface area (Å²) < 4.78 is 5.40. The van der Waals surface area contributed by atoms with E-state index in [-0.39, 0.29) is 11.8 Å². The number of hydrazone groups is 1. The zero-order valence-electron chi connectivity index (χ0n) is 15.5. The van der Waals surface area contributed by atoms with Gasteiger partial charge in [0, 0.05) is 26.2 Å². The number of rotatable bonds is 3. The van der Waals surface area contributed by atoms with Gasteiger partial charge in [-0.3, -0.25) is 5.43 Å². The van der Waals surface area contributed by atoms with E-state index in [2.05, 4.69) is 15.4 Å². The number of nitrogens with zero attached hydrogens (tertiary/aromatic N) is 5. The van der Waals surface area contributed by atoms with Crippen LogP contribution in [-0.2, 0) is 4.74 Å². The van der Waals surface area contributed by atoms with Crippen molar-refractivity contribution in [1.29, 1.82) is 10.5 Å². The van der Waals surface area contributed by atoms with Crippen molar-refractivity contribution in [3.8, 4) is 12.1 Å². The molecule has 1 fully saturated rings. The van der Waals surface area contributed by atoms with Gasteiger partial charge in [0.2, 0.25) is 5.71 Å². The van der Waals surface area contributed by atoms with Gasteiger partial charge in [-0.2, -0.15) is 15.6 Å². The standard InChI is InChI=1S/C18H21ClN6O2/c1-18(2,3)27-17(26)25-8-6-24(7-9-25)16-5-4-13(10-15(16)19)22-23-14(11-20)12-21/h4-5,10,22H,6-9H2,1-3H3. The maximum absolute atomic E-state index is 12.1. The number of carbonyl (C=O) groups excluding carboxylic acids is 1. The Morgan fingerprint density at radius 2 is 1.85 bits per heavy atom. The Kier molecular flexibility index (Phi) is 6.49. The van der Waals surface area contributed by atoms with Crippen LogP contribution in [0.2, 0.25) is 5.02 Å². The van der Waals surface area contributed by atoms with Gasteiger partial charge < -0.3 is 14.5 Å². The minimum absolute atomic E-state index is 0.270. The fraction of sp³-hybridized carbons (Fsp3) is 0.444. The van der Waals surface area contributed by atoms with E-state index in [1.807, 2.05) is 26.8 Å². The van der Waals surface area contributed by atoms with Crippen molar-refractivity contribution in [1.82, 2.24) is 4.90 Å². The van der Waals surface area contributed by atoms with Crippen LogP contribution < -0.4 is 10.3 Å². The lowest BCUT2D eigenvalue weighted by Crippen LogP contribution is -2.50. The molecular formula is C18H21ClN6O2. The molecule has 1 saturated heterocycles. The fourth-order valence-corrected chi connectivity index (χ4v) is 2.78. The van der Waals surface area contributed by atoms with Crippen LogP contribution >= 0.6 is 11.6 Å². The van der Waals surface area contributed by atoms with E-state index in [9.17, 15) is 4.79 Å². The van der Waals surface area contributed by atoms with E-state index >= 15 is 0 Å². The Morgan fingerprint density at radius 3 is 2.37 bits per heavy atom. The molecule has 0 unspecified atom stereocenters. The number of piperazine rings is 1. The second kappa shape index (κ2) is 8.61. The number of amides is 1. The molecule has 1 aromatic rings. The van der Waals surface area contributed by atoms with Gasteiger partial charge in [-0.25, -0.2) is 4.79 Å². The Labute approximate surface area is 163 Å². The zero-order valence-corrected chi connectivity index (χ0v) is 16.2. The molecule has 1 aliphatic heterocycles. The van der Waals surface area contributed by atoms with Crippen molar-refractivity contribution in [3.63, 3.8) is 0 Å². The number of anilines is 2. The summed E-state index contributed by atoms with van der Waals surface area (Å²) in [5, 5.41) is 21.6. The molecule has 1 amide bonds. The van der Waals surface area contributed by atoms with Crippen molar-refractivity contribution >= 4 is 34.8 Å².